The monoisotopic (exact) mass is 261 g/mol. The minimum absolute atomic E-state index is 0.0621. The number of carboxylic acid groups (broad SMARTS) is 1. The molecule has 0 bridgehead atoms. The van der Waals surface area contributed by atoms with Crippen molar-refractivity contribution in [2.24, 2.45) is 5.92 Å². The summed E-state index contributed by atoms with van der Waals surface area (Å²) in [5, 5.41) is 10.5. The number of anilines is 1. The third-order valence-electron chi connectivity index (χ3n) is 2.22. The number of halogens is 3. The molecule has 1 aromatic rings. The molecule has 0 aromatic heterocycles. The molecule has 0 aliphatic heterocycles. The lowest BCUT2D eigenvalue weighted by Crippen LogP contribution is -2.11. The van der Waals surface area contributed by atoms with Gasteiger partial charge >= 0.3 is 12.3 Å². The summed E-state index contributed by atoms with van der Waals surface area (Å²) < 4.78 is 37.9. The second-order valence-electron chi connectivity index (χ2n) is 4.44. The number of hydrogen-bond acceptors (Lipinski definition) is 1. The molecule has 0 radical (unpaired) electrons. The van der Waals surface area contributed by atoms with Gasteiger partial charge < -0.3 is 5.11 Å². The third-order valence-corrected chi connectivity index (χ3v) is 2.22. The molecule has 0 aliphatic rings. The van der Waals surface area contributed by atoms with Gasteiger partial charge in [-0.25, -0.2) is 4.79 Å². The van der Waals surface area contributed by atoms with Gasteiger partial charge in [0.05, 0.1) is 5.56 Å². The van der Waals surface area contributed by atoms with Gasteiger partial charge in [0.2, 0.25) is 0 Å². The lowest BCUT2D eigenvalue weighted by Gasteiger charge is -2.13. The minimum atomic E-state index is -4.48. The topological polar surface area (TPSA) is 49.3 Å². The number of rotatable bonds is 3. The summed E-state index contributed by atoms with van der Waals surface area (Å²) in [6.45, 7) is 3.76. The number of hydrogen-bond donors (Lipinski definition) is 2. The van der Waals surface area contributed by atoms with E-state index in [-0.39, 0.29) is 11.6 Å². The summed E-state index contributed by atoms with van der Waals surface area (Å²) in [6, 6.07) is 3.26. The highest BCUT2D eigenvalue weighted by Crippen LogP contribution is 2.32. The van der Waals surface area contributed by atoms with E-state index in [1.807, 2.05) is 19.2 Å². The number of alkyl halides is 3. The molecular weight excluding hydrogens is 247 g/mol. The standard InChI is InChI=1S/C12H14F3NO2/c1-7(2)3-8-4-9(12(13,14)15)6-10(5-8)16-11(17)18/h4-7,16H,3H2,1-2H3,(H,17,18). The molecule has 18 heavy (non-hydrogen) atoms. The zero-order valence-corrected chi connectivity index (χ0v) is 10.0. The van der Waals surface area contributed by atoms with Crippen LogP contribution < -0.4 is 5.32 Å². The van der Waals surface area contributed by atoms with Crippen LogP contribution in [0, 0.1) is 5.92 Å². The first-order chi connectivity index (χ1) is 8.18. The summed E-state index contributed by atoms with van der Waals surface area (Å²) >= 11 is 0. The van der Waals surface area contributed by atoms with Crippen LogP contribution in [0.3, 0.4) is 0 Å². The van der Waals surface area contributed by atoms with Crippen molar-refractivity contribution in [2.75, 3.05) is 5.32 Å². The Morgan fingerprint density at radius 2 is 1.94 bits per heavy atom. The molecule has 0 aliphatic carbocycles. The number of amides is 1. The number of nitrogens with one attached hydrogen (secondary N) is 1. The third kappa shape index (κ3) is 4.27. The Labute approximate surface area is 103 Å². The number of benzene rings is 1. The van der Waals surface area contributed by atoms with Crippen molar-refractivity contribution in [3.63, 3.8) is 0 Å². The lowest BCUT2D eigenvalue weighted by atomic mass is 10.00. The summed E-state index contributed by atoms with van der Waals surface area (Å²) in [7, 11) is 0. The van der Waals surface area contributed by atoms with Crippen LogP contribution in [0.15, 0.2) is 18.2 Å². The summed E-state index contributed by atoms with van der Waals surface area (Å²) in [5.41, 5.74) is -0.444. The van der Waals surface area contributed by atoms with E-state index < -0.39 is 17.8 Å². The molecular formula is C12H14F3NO2. The molecule has 1 rings (SSSR count). The quantitative estimate of drug-likeness (QED) is 0.864. The number of carbonyl (C=O) groups is 1. The summed E-state index contributed by atoms with van der Waals surface area (Å²) in [5.74, 6) is 0.186. The molecule has 1 amide bonds. The fraction of sp³-hybridized carbons (Fsp3) is 0.417. The second kappa shape index (κ2) is 5.29. The van der Waals surface area contributed by atoms with Gasteiger partial charge in [0, 0.05) is 5.69 Å². The van der Waals surface area contributed by atoms with E-state index in [0.717, 1.165) is 12.1 Å². The average Bonchev–Trinajstić information content (AvgIpc) is 2.13. The van der Waals surface area contributed by atoms with E-state index in [1.54, 1.807) is 0 Å². The fourth-order valence-electron chi connectivity index (χ4n) is 1.64. The van der Waals surface area contributed by atoms with Crippen molar-refractivity contribution in [3.8, 4) is 0 Å². The van der Waals surface area contributed by atoms with Crippen LogP contribution in [-0.4, -0.2) is 11.2 Å². The van der Waals surface area contributed by atoms with E-state index >= 15 is 0 Å². The Bertz CT molecular complexity index is 441. The zero-order chi connectivity index (χ0) is 13.9. The predicted octanol–water partition coefficient (Wildman–Crippen LogP) is 3.99. The fourth-order valence-corrected chi connectivity index (χ4v) is 1.64. The summed E-state index contributed by atoms with van der Waals surface area (Å²) in [6.07, 6.45) is -5.41. The Hall–Kier alpha value is -1.72. The van der Waals surface area contributed by atoms with Crippen LogP contribution in [0.25, 0.3) is 0 Å². The van der Waals surface area contributed by atoms with Crippen LogP contribution in [0.4, 0.5) is 23.7 Å². The predicted molar refractivity (Wildman–Crippen MR) is 61.6 cm³/mol. The molecule has 0 saturated carbocycles. The molecule has 0 unspecified atom stereocenters. The van der Waals surface area contributed by atoms with Gasteiger partial charge in [-0.2, -0.15) is 13.2 Å². The lowest BCUT2D eigenvalue weighted by molar-refractivity contribution is -0.137. The molecule has 3 nitrogen and oxygen atoms in total. The van der Waals surface area contributed by atoms with Gasteiger partial charge in [0.1, 0.15) is 0 Å². The van der Waals surface area contributed by atoms with Gasteiger partial charge in [-0.3, -0.25) is 5.32 Å². The normalized spacial score (nSPS) is 11.7. The van der Waals surface area contributed by atoms with Crippen LogP contribution in [-0.2, 0) is 12.6 Å². The molecule has 6 heteroatoms. The van der Waals surface area contributed by atoms with Crippen LogP contribution >= 0.6 is 0 Å². The largest absolute Gasteiger partial charge is 0.465 e. The van der Waals surface area contributed by atoms with Crippen molar-refractivity contribution < 1.29 is 23.1 Å². The van der Waals surface area contributed by atoms with Crippen LogP contribution in [0.5, 0.6) is 0 Å². The van der Waals surface area contributed by atoms with Gasteiger partial charge in [0.15, 0.2) is 0 Å². The van der Waals surface area contributed by atoms with Crippen molar-refractivity contribution >= 4 is 11.8 Å². The Kier molecular flexibility index (Phi) is 4.21. The van der Waals surface area contributed by atoms with Crippen molar-refractivity contribution in [2.45, 2.75) is 26.4 Å². The van der Waals surface area contributed by atoms with Gasteiger partial charge in [0.25, 0.3) is 0 Å². The highest BCUT2D eigenvalue weighted by Gasteiger charge is 2.31. The highest BCUT2D eigenvalue weighted by atomic mass is 19.4. The second-order valence-corrected chi connectivity index (χ2v) is 4.44. The zero-order valence-electron chi connectivity index (χ0n) is 10.0. The summed E-state index contributed by atoms with van der Waals surface area (Å²) in [4.78, 5) is 10.5. The molecule has 0 saturated heterocycles. The first-order valence-electron chi connectivity index (χ1n) is 5.39. The molecule has 0 fully saturated rings. The van der Waals surface area contributed by atoms with Crippen molar-refractivity contribution in [1.29, 1.82) is 0 Å². The first kappa shape index (κ1) is 14.3. The van der Waals surface area contributed by atoms with Crippen LogP contribution in [0.2, 0.25) is 0 Å². The molecule has 100 valence electrons. The van der Waals surface area contributed by atoms with E-state index in [0.29, 0.717) is 12.0 Å². The Morgan fingerprint density at radius 3 is 2.39 bits per heavy atom. The van der Waals surface area contributed by atoms with Gasteiger partial charge in [-0.05, 0) is 36.1 Å². The van der Waals surface area contributed by atoms with Gasteiger partial charge in [-0.1, -0.05) is 13.8 Å². The van der Waals surface area contributed by atoms with Crippen molar-refractivity contribution in [3.05, 3.63) is 29.3 Å². The van der Waals surface area contributed by atoms with Crippen molar-refractivity contribution in [1.82, 2.24) is 0 Å². The maximum absolute atomic E-state index is 12.6. The maximum atomic E-state index is 12.6. The molecule has 0 heterocycles. The first-order valence-corrected chi connectivity index (χ1v) is 5.39. The molecule has 1 aromatic carbocycles. The van der Waals surface area contributed by atoms with E-state index in [9.17, 15) is 18.0 Å². The molecule has 2 N–H and O–H groups in total. The minimum Gasteiger partial charge on any atom is -0.465 e. The Morgan fingerprint density at radius 1 is 1.33 bits per heavy atom. The van der Waals surface area contributed by atoms with Gasteiger partial charge in [-0.15, -0.1) is 0 Å². The SMILES string of the molecule is CC(C)Cc1cc(NC(=O)O)cc(C(F)(F)F)c1. The Balaban J connectivity index is 3.15. The van der Waals surface area contributed by atoms with E-state index in [1.165, 1.54) is 6.07 Å². The molecule has 0 spiro atoms. The maximum Gasteiger partial charge on any atom is 0.416 e. The smallest absolute Gasteiger partial charge is 0.416 e. The average molecular weight is 261 g/mol. The molecule has 0 atom stereocenters. The highest BCUT2D eigenvalue weighted by molar-refractivity contribution is 5.83. The van der Waals surface area contributed by atoms with E-state index in [4.69, 9.17) is 5.11 Å². The van der Waals surface area contributed by atoms with E-state index in [2.05, 4.69) is 0 Å². The van der Waals surface area contributed by atoms with Crippen LogP contribution in [0.1, 0.15) is 25.0 Å².